The third-order valence-electron chi connectivity index (χ3n) is 23.7. The van der Waals surface area contributed by atoms with Crippen LogP contribution in [0.1, 0.15) is 123 Å². The Kier molecular flexibility index (Phi) is 7.95. The second-order valence-electron chi connectivity index (χ2n) is 31.5. The number of fused-ring (bicyclic) bond motifs is 21. The van der Waals surface area contributed by atoms with E-state index in [1.165, 1.54) is 0 Å². The molecule has 0 N–H and O–H groups in total. The fraction of sp³-hybridized carbons (Fsp3) is 0. The fourth-order valence-electron chi connectivity index (χ4n) is 17.5. The zero-order chi connectivity index (χ0) is 173. The molecule has 0 atom stereocenters. The van der Waals surface area contributed by atoms with Crippen LogP contribution in [0.2, 0.25) is 0 Å². The molecule has 0 saturated carbocycles. The van der Waals surface area contributed by atoms with Crippen LogP contribution in [-0.4, -0.2) is 0 Å². The summed E-state index contributed by atoms with van der Waals surface area (Å²) in [7, 11) is 0. The van der Waals surface area contributed by atoms with Crippen LogP contribution in [0.4, 0.5) is 0 Å². The molecule has 0 amide bonds. The van der Waals surface area contributed by atoms with Gasteiger partial charge in [-0.3, -0.25) is 0 Å². The van der Waals surface area contributed by atoms with Gasteiger partial charge in [0.05, 0.1) is 123 Å². The van der Waals surface area contributed by atoms with E-state index in [2.05, 4.69) is 0 Å². The molecule has 0 aliphatic heterocycles. The second kappa shape index (κ2) is 34.7. The van der Waals surface area contributed by atoms with Crippen molar-refractivity contribution < 1.29 is 123 Å². The van der Waals surface area contributed by atoms with Crippen LogP contribution in [0, 0.1) is 0 Å². The molecule has 0 bridgehead atoms. The molecule has 30 aromatic rings. The lowest BCUT2D eigenvalue weighted by atomic mass is 9.82. The molecular formula is C144H90. The molecule has 0 spiro atoms. The van der Waals surface area contributed by atoms with E-state index in [9.17, 15) is 52.1 Å². The van der Waals surface area contributed by atoms with Crippen LogP contribution < -0.4 is 0 Å². The fourth-order valence-corrected chi connectivity index (χ4v) is 17.5. The van der Waals surface area contributed by atoms with Gasteiger partial charge in [0.1, 0.15) is 0 Å². The maximum Gasteiger partial charge on any atom is 0.0636 e. The highest BCUT2D eigenvalue weighted by atomic mass is 14.3. The van der Waals surface area contributed by atoms with Gasteiger partial charge in [-0.05, 0) is 361 Å². The van der Waals surface area contributed by atoms with E-state index in [-0.39, 0.29) is 0 Å². The maximum absolute atomic E-state index is 10.4. The highest BCUT2D eigenvalue weighted by Crippen LogP contribution is 2.54. The Bertz CT molecular complexity index is 16500. The molecule has 0 heteroatoms. The van der Waals surface area contributed by atoms with E-state index in [0.717, 1.165) is 0 Å². The predicted molar refractivity (Wildman–Crippen MR) is 623 cm³/mol. The normalized spacial score (nSPS) is 20.5. The van der Waals surface area contributed by atoms with E-state index in [4.69, 9.17) is 71.3 Å². The largest absolute Gasteiger partial charge is 0.0636 e. The summed E-state index contributed by atoms with van der Waals surface area (Å²) in [6, 6.07) is -88.7. The molecule has 144 heavy (non-hydrogen) atoms. The van der Waals surface area contributed by atoms with Crippen molar-refractivity contribution in [2.45, 2.75) is 0 Å². The van der Waals surface area contributed by atoms with Crippen molar-refractivity contribution in [3.05, 3.63) is 544 Å². The van der Waals surface area contributed by atoms with Crippen LogP contribution in [0.5, 0.6) is 0 Å². The first-order valence-corrected chi connectivity index (χ1v) is 42.8. The van der Waals surface area contributed by atoms with E-state index in [1.54, 1.807) is 0 Å². The van der Waals surface area contributed by atoms with Crippen molar-refractivity contribution in [1.82, 2.24) is 0 Å². The third-order valence-corrected chi connectivity index (χ3v) is 23.7. The van der Waals surface area contributed by atoms with Gasteiger partial charge in [-0.25, -0.2) is 0 Å². The standard InChI is InChI=1S/3C48H30/c1-3-13-33-27-35(23-21-31(33)11-1)36-25-26-44-46(29-36)47(38-24-22-32-12-2-4-14-34(32)28-38)42-19-9-10-20-43(42)48(44)45-30-37-15-5-6-16-39(37)40-17-7-8-18-41(40)45;1-3-13-33-27-35(23-21-31(33)11-1)36-25-26-44-46(29-36)48(45-30-37-15-5-6-16-39(37)40-17-7-8-18-41(40)45)43-20-10-9-19-42(43)47(44)38-24-22-32-12-2-4-14-34(32)28-38;1-2-14-33-28-36(25-24-31(33)12-1)47-42-21-9-10-22-43(42)48(45-29-34-15-4-6-18-39(34)40-19-7-8-20-41(40)45)46-30-35(26-27-44(46)47)38-23-11-16-32-13-3-5-17-37(32)38/h3*1-30H/i3*1D,2D,3D,4D,5D,6D,7D,8D,9D,10D,11D,12D,13D,14D,15D,16D,17D,18D,19D,20D,21D,22D,23D,24D,25D,26D,27D,28D,29D,30D. The molecule has 30 rings (SSSR count). The number of hydrogen-bond donors (Lipinski definition) is 0. The second-order valence-corrected chi connectivity index (χ2v) is 31.5. The van der Waals surface area contributed by atoms with E-state index in [0.29, 0.717) is 0 Å². The van der Waals surface area contributed by atoms with Gasteiger partial charge >= 0.3 is 0 Å². The summed E-state index contributed by atoms with van der Waals surface area (Å²) in [6.45, 7) is 0. The van der Waals surface area contributed by atoms with Crippen LogP contribution >= 0.6 is 0 Å². The lowest BCUT2D eigenvalue weighted by Crippen LogP contribution is -1.93. The Balaban J connectivity index is 0.000000151. The molecular weight excluding hydrogens is 1730 g/mol. The van der Waals surface area contributed by atoms with E-state index in [1.807, 2.05) is 0 Å². The number of benzene rings is 30. The number of rotatable bonds is 9. The molecule has 0 fully saturated rings. The maximum atomic E-state index is 10.4. The minimum Gasteiger partial charge on any atom is -0.0616 e. The molecule has 0 nitrogen and oxygen atoms in total. The minimum absolute atomic E-state index is 0.604. The quantitative estimate of drug-likeness (QED) is 0.0998. The topological polar surface area (TPSA) is 0 Å². The van der Waals surface area contributed by atoms with Crippen molar-refractivity contribution >= 4 is 194 Å². The molecule has 666 valence electrons. The van der Waals surface area contributed by atoms with Gasteiger partial charge in [0.15, 0.2) is 0 Å². The summed E-state index contributed by atoms with van der Waals surface area (Å²) in [5, 5.41) is -26.8. The predicted octanol–water partition coefficient (Wildman–Crippen LogP) is 40.8. The first kappa shape index (κ1) is 33.0. The Labute approximate surface area is 960 Å². The van der Waals surface area contributed by atoms with Gasteiger partial charge in [0.25, 0.3) is 0 Å². The summed E-state index contributed by atoms with van der Waals surface area (Å²) in [5.41, 5.74) is -15.8. The Hall–Kier alpha value is -18.7. The highest BCUT2D eigenvalue weighted by Gasteiger charge is 2.26. The molecule has 0 heterocycles. The van der Waals surface area contributed by atoms with Gasteiger partial charge in [0, 0.05) is 0 Å². The lowest BCUT2D eigenvalue weighted by Gasteiger charge is -2.21. The molecule has 0 aliphatic rings. The average molecular weight is 1910 g/mol. The first-order valence-electron chi connectivity index (χ1n) is 87.8. The van der Waals surface area contributed by atoms with Gasteiger partial charge in [-0.15, -0.1) is 0 Å². The van der Waals surface area contributed by atoms with Gasteiger partial charge in [-0.2, -0.15) is 0 Å². The van der Waals surface area contributed by atoms with Gasteiger partial charge in [0.2, 0.25) is 0 Å². The van der Waals surface area contributed by atoms with Crippen molar-refractivity contribution in [2.24, 2.45) is 0 Å². The average Bonchev–Trinajstić information content (AvgIpc) is 0.675. The zero-order valence-electron chi connectivity index (χ0n) is 162. The van der Waals surface area contributed by atoms with Crippen molar-refractivity contribution in [3.8, 4) is 100 Å². The smallest absolute Gasteiger partial charge is 0.0616 e. The summed E-state index contributed by atoms with van der Waals surface area (Å²) in [5.74, 6) is 0. The third kappa shape index (κ3) is 14.2. The van der Waals surface area contributed by atoms with Crippen molar-refractivity contribution in [1.29, 1.82) is 0 Å². The molecule has 0 unspecified atom stereocenters. The molecule has 0 aliphatic carbocycles. The minimum atomic E-state index is -1.17. The molecule has 30 aromatic carbocycles. The summed E-state index contributed by atoms with van der Waals surface area (Å²) < 4.78 is 821. The van der Waals surface area contributed by atoms with E-state index >= 15 is 0 Å². The van der Waals surface area contributed by atoms with Crippen LogP contribution in [0.3, 0.4) is 0 Å². The van der Waals surface area contributed by atoms with Gasteiger partial charge < -0.3 is 0 Å². The Morgan fingerprint density at radius 2 is 0.278 bits per heavy atom. The van der Waals surface area contributed by atoms with Crippen LogP contribution in [0.15, 0.2) is 544 Å². The Morgan fingerprint density at radius 1 is 0.0833 bits per heavy atom. The van der Waals surface area contributed by atoms with Gasteiger partial charge in [-0.1, -0.05) is 477 Å². The Morgan fingerprint density at radius 3 is 0.618 bits per heavy atom. The zero-order valence-corrected chi connectivity index (χ0v) is 72.0. The van der Waals surface area contributed by atoms with Crippen LogP contribution in [0.25, 0.3) is 294 Å². The monoisotopic (exact) mass is 1910 g/mol. The number of hydrogen-bond acceptors (Lipinski definition) is 0. The molecule has 0 aromatic heterocycles. The van der Waals surface area contributed by atoms with E-state index < -0.39 is 838 Å². The molecule has 0 radical (unpaired) electrons. The van der Waals surface area contributed by atoms with Crippen LogP contribution in [-0.2, 0) is 0 Å². The summed E-state index contributed by atoms with van der Waals surface area (Å²) >= 11 is 0. The lowest BCUT2D eigenvalue weighted by molar-refractivity contribution is 1.66. The van der Waals surface area contributed by atoms with Crippen molar-refractivity contribution in [2.75, 3.05) is 0 Å². The highest BCUT2D eigenvalue weighted by molar-refractivity contribution is 6.31. The van der Waals surface area contributed by atoms with Crippen molar-refractivity contribution in [3.63, 3.8) is 0 Å². The SMILES string of the molecule is [2H]c1c([2H])c([2H])c2c([2H])c(-c3c([2H])c([2H])c4c(-c5c([2H])c([2H])c6c([2H])c([2H])c([2H])c([2H])c6c5[2H])c5c([2H])c([2H])c([2H])c([2H])c5c(-c5c([2H])c6c([2H])c([2H])c([2H])c([2H])c6c6c([2H])c([2H])c([2H])c([2H])c56)c4c3[2H])c([2H])c([2H])c2c1[2H].[2H]c1c([2H])c([2H])c2c([2H])c(-c3c([2H])c([2H])c4c(-c5c([2H])c6c([2H])c([2H])c([2H])c([2H])c6c6c([2H])c([2H])c([2H])c([2H])c56)c5c([2H])c([2H])c([2H])c([2H])c5c(-c5c([2H])c([2H])c6c([2H])c([2H])c([2H])c([2H])c6c5[2H])c4c3[2H])c([2H])c([2H])c2c1[2H].[2H]c1c([2H])c([2H])c2c([2H])c(-c3c4c([2H])c([2H])c([2H])c([2H])c4c(-c4c([2H])c5c([2H])c([2H])c([2H])c([2H])c5c5c([2H])c([2H])c([2H])c([2H])c45)c4c([2H])c(-c5c([2H])c([2H])c([2H])c6c([2H])c([2H])c([2H])c([2H])c56)c([2H])c([2H])c34)c([2H])c([2H])c2c1[2H]. The molecule has 0 saturated heterocycles. The summed E-state index contributed by atoms with van der Waals surface area (Å²) in [4.78, 5) is 0. The first-order chi connectivity index (χ1) is 109. The summed E-state index contributed by atoms with van der Waals surface area (Å²) in [6.07, 6.45) is 0.